The molecule has 0 atom stereocenters. The molecule has 78 valence electrons. The first-order valence-corrected chi connectivity index (χ1v) is 5.69. The molecule has 0 fully saturated rings. The van der Waals surface area contributed by atoms with Gasteiger partial charge < -0.3 is 4.57 Å². The third-order valence-electron chi connectivity index (χ3n) is 2.25. The SMILES string of the molecule is CCc1ccc(Cn2ccnc2C=O)s1. The molecule has 0 bridgehead atoms. The van der Waals surface area contributed by atoms with Crippen LogP contribution in [0.5, 0.6) is 0 Å². The molecule has 2 rings (SSSR count). The molecule has 0 amide bonds. The van der Waals surface area contributed by atoms with Crippen molar-refractivity contribution < 1.29 is 4.79 Å². The minimum atomic E-state index is 0.487. The summed E-state index contributed by atoms with van der Waals surface area (Å²) in [5.74, 6) is 0.487. The van der Waals surface area contributed by atoms with Crippen molar-refractivity contribution in [1.29, 1.82) is 0 Å². The largest absolute Gasteiger partial charge is 0.324 e. The normalized spacial score (nSPS) is 10.5. The predicted molar refractivity (Wildman–Crippen MR) is 60.4 cm³/mol. The molecule has 2 aromatic heterocycles. The molecule has 0 aliphatic rings. The van der Waals surface area contributed by atoms with Crippen LogP contribution in [0.2, 0.25) is 0 Å². The molecule has 0 aliphatic heterocycles. The van der Waals surface area contributed by atoms with Crippen LogP contribution < -0.4 is 0 Å². The Morgan fingerprint density at radius 1 is 1.47 bits per heavy atom. The molecule has 0 spiro atoms. The van der Waals surface area contributed by atoms with Crippen LogP contribution in [0.3, 0.4) is 0 Å². The van der Waals surface area contributed by atoms with E-state index in [9.17, 15) is 4.79 Å². The first-order chi connectivity index (χ1) is 7.33. The maximum Gasteiger partial charge on any atom is 0.185 e. The van der Waals surface area contributed by atoms with Crippen molar-refractivity contribution in [2.24, 2.45) is 0 Å². The Balaban J connectivity index is 2.17. The van der Waals surface area contributed by atoms with Crippen molar-refractivity contribution in [3.63, 3.8) is 0 Å². The van der Waals surface area contributed by atoms with Gasteiger partial charge in [0.05, 0.1) is 6.54 Å². The van der Waals surface area contributed by atoms with Crippen molar-refractivity contribution in [3.8, 4) is 0 Å². The molecular formula is C11H12N2OS. The Bertz CT molecular complexity index is 459. The van der Waals surface area contributed by atoms with Crippen LogP contribution >= 0.6 is 11.3 Å². The van der Waals surface area contributed by atoms with Crippen LogP contribution in [0, 0.1) is 0 Å². The molecule has 2 aromatic rings. The highest BCUT2D eigenvalue weighted by atomic mass is 32.1. The van der Waals surface area contributed by atoms with E-state index in [1.807, 2.05) is 10.8 Å². The van der Waals surface area contributed by atoms with E-state index in [2.05, 4.69) is 24.0 Å². The second kappa shape index (κ2) is 4.40. The van der Waals surface area contributed by atoms with E-state index in [4.69, 9.17) is 0 Å². The highest BCUT2D eigenvalue weighted by Gasteiger charge is 2.03. The number of rotatable bonds is 4. The number of hydrogen-bond acceptors (Lipinski definition) is 3. The summed E-state index contributed by atoms with van der Waals surface area (Å²) in [6.07, 6.45) is 5.33. The van der Waals surface area contributed by atoms with Crippen LogP contribution in [0.25, 0.3) is 0 Å². The smallest absolute Gasteiger partial charge is 0.185 e. The van der Waals surface area contributed by atoms with Crippen LogP contribution in [0.4, 0.5) is 0 Å². The predicted octanol–water partition coefficient (Wildman–Crippen LogP) is 2.37. The maximum atomic E-state index is 10.7. The number of aryl methyl sites for hydroxylation is 1. The monoisotopic (exact) mass is 220 g/mol. The molecule has 4 heteroatoms. The quantitative estimate of drug-likeness (QED) is 0.741. The number of imidazole rings is 1. The summed E-state index contributed by atoms with van der Waals surface area (Å²) in [5, 5.41) is 0. The molecule has 0 aromatic carbocycles. The lowest BCUT2D eigenvalue weighted by Gasteiger charge is -2.00. The Kier molecular flexibility index (Phi) is 2.97. The zero-order valence-corrected chi connectivity index (χ0v) is 9.33. The van der Waals surface area contributed by atoms with Gasteiger partial charge in [-0.15, -0.1) is 11.3 Å². The van der Waals surface area contributed by atoms with Crippen LogP contribution in [-0.2, 0) is 13.0 Å². The Morgan fingerprint density at radius 2 is 2.27 bits per heavy atom. The molecule has 15 heavy (non-hydrogen) atoms. The summed E-state index contributed by atoms with van der Waals surface area (Å²) in [4.78, 5) is 17.2. The number of aromatic nitrogens is 2. The standard InChI is InChI=1S/C11H12N2OS/c1-2-9-3-4-10(15-9)7-13-6-5-12-11(13)8-14/h3-6,8H,2,7H2,1H3. The minimum Gasteiger partial charge on any atom is -0.324 e. The average Bonchev–Trinajstić information content (AvgIpc) is 2.87. The van der Waals surface area contributed by atoms with Gasteiger partial charge in [-0.25, -0.2) is 4.98 Å². The Morgan fingerprint density at radius 3 is 2.93 bits per heavy atom. The molecule has 0 aliphatic carbocycles. The van der Waals surface area contributed by atoms with E-state index < -0.39 is 0 Å². The number of hydrogen-bond donors (Lipinski definition) is 0. The number of nitrogens with zero attached hydrogens (tertiary/aromatic N) is 2. The lowest BCUT2D eigenvalue weighted by Crippen LogP contribution is -2.01. The summed E-state index contributed by atoms with van der Waals surface area (Å²) in [7, 11) is 0. The van der Waals surface area contributed by atoms with Gasteiger partial charge in [0.25, 0.3) is 0 Å². The van der Waals surface area contributed by atoms with Gasteiger partial charge in [-0.1, -0.05) is 6.92 Å². The lowest BCUT2D eigenvalue weighted by molar-refractivity contribution is 0.111. The Hall–Kier alpha value is -1.42. The van der Waals surface area contributed by atoms with Crippen molar-refractivity contribution in [2.45, 2.75) is 19.9 Å². The van der Waals surface area contributed by atoms with Crippen LogP contribution in [0.1, 0.15) is 27.3 Å². The fourth-order valence-electron chi connectivity index (χ4n) is 1.44. The lowest BCUT2D eigenvalue weighted by atomic mass is 10.3. The molecule has 0 N–H and O–H groups in total. The second-order valence-corrected chi connectivity index (χ2v) is 4.51. The first-order valence-electron chi connectivity index (χ1n) is 4.87. The van der Waals surface area contributed by atoms with Crippen LogP contribution in [0.15, 0.2) is 24.5 Å². The van der Waals surface area contributed by atoms with E-state index in [0.717, 1.165) is 19.3 Å². The fraction of sp³-hybridized carbons (Fsp3) is 0.273. The second-order valence-electron chi connectivity index (χ2n) is 3.25. The molecule has 0 unspecified atom stereocenters. The number of aldehydes is 1. The van der Waals surface area contributed by atoms with E-state index >= 15 is 0 Å². The zero-order chi connectivity index (χ0) is 10.7. The molecule has 0 radical (unpaired) electrons. The summed E-state index contributed by atoms with van der Waals surface area (Å²) < 4.78 is 1.86. The van der Waals surface area contributed by atoms with Gasteiger partial charge in [0.15, 0.2) is 12.1 Å². The Labute approximate surface area is 92.4 Å². The molecule has 0 saturated heterocycles. The number of carbonyl (C=O) groups is 1. The maximum absolute atomic E-state index is 10.7. The summed E-state index contributed by atoms with van der Waals surface area (Å²) >= 11 is 1.79. The van der Waals surface area contributed by atoms with Crippen LogP contribution in [-0.4, -0.2) is 15.8 Å². The summed E-state index contributed by atoms with van der Waals surface area (Å²) in [5.41, 5.74) is 0. The summed E-state index contributed by atoms with van der Waals surface area (Å²) in [6.45, 7) is 2.88. The van der Waals surface area contributed by atoms with Gasteiger partial charge in [-0.3, -0.25) is 4.79 Å². The van der Waals surface area contributed by atoms with Crippen molar-refractivity contribution >= 4 is 17.6 Å². The fourth-order valence-corrected chi connectivity index (χ4v) is 2.39. The van der Waals surface area contributed by atoms with E-state index in [1.165, 1.54) is 9.75 Å². The van der Waals surface area contributed by atoms with Crippen molar-refractivity contribution in [1.82, 2.24) is 9.55 Å². The number of thiophene rings is 1. The van der Waals surface area contributed by atoms with Gasteiger partial charge in [-0.2, -0.15) is 0 Å². The highest BCUT2D eigenvalue weighted by molar-refractivity contribution is 7.11. The first kappa shape index (κ1) is 10.1. The summed E-state index contributed by atoms with van der Waals surface area (Å²) in [6, 6.07) is 4.25. The number of carbonyl (C=O) groups excluding carboxylic acids is 1. The minimum absolute atomic E-state index is 0.487. The highest BCUT2D eigenvalue weighted by Crippen LogP contribution is 2.18. The zero-order valence-electron chi connectivity index (χ0n) is 8.51. The third-order valence-corrected chi connectivity index (χ3v) is 3.46. The van der Waals surface area contributed by atoms with E-state index in [1.54, 1.807) is 17.5 Å². The van der Waals surface area contributed by atoms with E-state index in [0.29, 0.717) is 5.82 Å². The topological polar surface area (TPSA) is 34.9 Å². The molecule has 2 heterocycles. The van der Waals surface area contributed by atoms with E-state index in [-0.39, 0.29) is 0 Å². The third kappa shape index (κ3) is 2.15. The van der Waals surface area contributed by atoms with Gasteiger partial charge in [0, 0.05) is 22.1 Å². The van der Waals surface area contributed by atoms with Crippen molar-refractivity contribution in [3.05, 3.63) is 40.1 Å². The van der Waals surface area contributed by atoms with Gasteiger partial charge >= 0.3 is 0 Å². The van der Waals surface area contributed by atoms with Crippen molar-refractivity contribution in [2.75, 3.05) is 0 Å². The molecule has 0 saturated carbocycles. The average molecular weight is 220 g/mol. The molecular weight excluding hydrogens is 208 g/mol. The van der Waals surface area contributed by atoms with Gasteiger partial charge in [0.1, 0.15) is 0 Å². The molecule has 3 nitrogen and oxygen atoms in total. The van der Waals surface area contributed by atoms with Gasteiger partial charge in [-0.05, 0) is 18.6 Å². The van der Waals surface area contributed by atoms with Gasteiger partial charge in [0.2, 0.25) is 0 Å².